The average Bonchev–Trinajstić information content (AvgIpc) is 3.27. The zero-order valence-electron chi connectivity index (χ0n) is 13.1. The molecule has 1 unspecified atom stereocenters. The van der Waals surface area contributed by atoms with Gasteiger partial charge in [-0.05, 0) is 29.3 Å². The smallest absolute Gasteiger partial charge is 0.142 e. The van der Waals surface area contributed by atoms with Crippen LogP contribution in [0.25, 0.3) is 22.2 Å². The lowest BCUT2D eigenvalue weighted by atomic mass is 9.92. The first-order valence-corrected chi connectivity index (χ1v) is 8.41. The average molecular weight is 375 g/mol. The Morgan fingerprint density at radius 2 is 1.96 bits per heavy atom. The maximum atomic E-state index is 13.9. The summed E-state index contributed by atoms with van der Waals surface area (Å²) in [6.45, 7) is 1.94. The van der Waals surface area contributed by atoms with Gasteiger partial charge in [-0.25, -0.2) is 9.37 Å². The summed E-state index contributed by atoms with van der Waals surface area (Å²) in [5.41, 5.74) is 4.14. The van der Waals surface area contributed by atoms with Gasteiger partial charge >= 0.3 is 0 Å². The van der Waals surface area contributed by atoms with E-state index in [0.29, 0.717) is 10.6 Å². The van der Waals surface area contributed by atoms with Crippen LogP contribution in [0.2, 0.25) is 10.0 Å². The maximum Gasteiger partial charge on any atom is 0.142 e. The number of rotatable bonds is 3. The molecule has 4 aromatic rings. The summed E-state index contributed by atoms with van der Waals surface area (Å²) in [4.78, 5) is 7.61. The molecule has 126 valence electrons. The molecule has 0 saturated carbocycles. The van der Waals surface area contributed by atoms with E-state index in [-0.39, 0.29) is 10.9 Å². The Kier molecular flexibility index (Phi) is 3.98. The summed E-state index contributed by atoms with van der Waals surface area (Å²) in [6, 6.07) is 4.82. The van der Waals surface area contributed by atoms with Gasteiger partial charge in [-0.1, -0.05) is 30.1 Å². The fourth-order valence-electron chi connectivity index (χ4n) is 3.04. The van der Waals surface area contributed by atoms with Crippen LogP contribution in [0.1, 0.15) is 24.0 Å². The fourth-order valence-corrected chi connectivity index (χ4v) is 3.74. The second-order valence-electron chi connectivity index (χ2n) is 5.83. The van der Waals surface area contributed by atoms with Gasteiger partial charge in [0.1, 0.15) is 11.5 Å². The second kappa shape index (κ2) is 6.17. The summed E-state index contributed by atoms with van der Waals surface area (Å²) in [7, 11) is 0. The summed E-state index contributed by atoms with van der Waals surface area (Å²) in [5, 5.41) is 8.18. The number of H-pyrrole nitrogens is 2. The van der Waals surface area contributed by atoms with E-state index in [9.17, 15) is 4.39 Å². The molecule has 3 heterocycles. The first-order valence-electron chi connectivity index (χ1n) is 7.66. The number of aromatic amines is 2. The molecule has 0 bridgehead atoms. The minimum Gasteiger partial charge on any atom is -0.346 e. The molecular formula is C18H13Cl2FN4. The third-order valence-electron chi connectivity index (χ3n) is 4.37. The maximum absolute atomic E-state index is 13.9. The SMILES string of the molecule is CC(c1c(Cl)ccc(F)c1Cl)c1c[nH]c2ncc(-c3cn[nH]c3)cc12. The van der Waals surface area contributed by atoms with Crippen LogP contribution < -0.4 is 0 Å². The fraction of sp³-hybridized carbons (Fsp3) is 0.111. The topological polar surface area (TPSA) is 57.4 Å². The van der Waals surface area contributed by atoms with Crippen molar-refractivity contribution in [3.63, 3.8) is 0 Å². The molecule has 0 spiro atoms. The first-order chi connectivity index (χ1) is 12.1. The van der Waals surface area contributed by atoms with Gasteiger partial charge < -0.3 is 4.98 Å². The largest absolute Gasteiger partial charge is 0.346 e. The number of benzene rings is 1. The number of aromatic nitrogens is 4. The van der Waals surface area contributed by atoms with Gasteiger partial charge in [0.15, 0.2) is 0 Å². The molecule has 0 aliphatic carbocycles. The second-order valence-corrected chi connectivity index (χ2v) is 6.61. The van der Waals surface area contributed by atoms with Crippen molar-refractivity contribution in [2.45, 2.75) is 12.8 Å². The minimum atomic E-state index is -0.482. The van der Waals surface area contributed by atoms with Crippen molar-refractivity contribution in [2.24, 2.45) is 0 Å². The predicted octanol–water partition coefficient (Wildman–Crippen LogP) is 5.55. The van der Waals surface area contributed by atoms with Crippen LogP contribution >= 0.6 is 23.2 Å². The summed E-state index contributed by atoms with van der Waals surface area (Å²) in [5.74, 6) is -0.684. The zero-order chi connectivity index (χ0) is 17.6. The highest BCUT2D eigenvalue weighted by atomic mass is 35.5. The Labute approximate surface area is 153 Å². The van der Waals surface area contributed by atoms with Crippen molar-refractivity contribution < 1.29 is 4.39 Å². The molecule has 1 aromatic carbocycles. The van der Waals surface area contributed by atoms with E-state index in [2.05, 4.69) is 20.2 Å². The summed E-state index contributed by atoms with van der Waals surface area (Å²) >= 11 is 12.5. The van der Waals surface area contributed by atoms with E-state index in [0.717, 1.165) is 27.7 Å². The van der Waals surface area contributed by atoms with Crippen LogP contribution in [0.3, 0.4) is 0 Å². The van der Waals surface area contributed by atoms with Crippen LogP contribution in [0.4, 0.5) is 4.39 Å². The molecule has 4 rings (SSSR count). The molecule has 0 fully saturated rings. The van der Waals surface area contributed by atoms with E-state index in [4.69, 9.17) is 23.2 Å². The lowest BCUT2D eigenvalue weighted by molar-refractivity contribution is 0.625. The minimum absolute atomic E-state index is 0.0494. The third kappa shape index (κ3) is 2.69. The van der Waals surface area contributed by atoms with E-state index in [1.165, 1.54) is 12.1 Å². The normalized spacial score (nSPS) is 12.6. The lowest BCUT2D eigenvalue weighted by Crippen LogP contribution is -1.99. The van der Waals surface area contributed by atoms with Crippen molar-refractivity contribution in [3.8, 4) is 11.1 Å². The number of halogens is 3. The molecule has 0 saturated heterocycles. The molecule has 25 heavy (non-hydrogen) atoms. The number of hydrogen-bond acceptors (Lipinski definition) is 2. The Morgan fingerprint density at radius 1 is 1.12 bits per heavy atom. The van der Waals surface area contributed by atoms with Crippen LogP contribution in [0.15, 0.2) is 43.0 Å². The van der Waals surface area contributed by atoms with Crippen molar-refractivity contribution >= 4 is 34.2 Å². The molecule has 0 aliphatic rings. The molecule has 0 aliphatic heterocycles. The Hall–Kier alpha value is -2.37. The van der Waals surface area contributed by atoms with E-state index < -0.39 is 5.82 Å². The number of hydrogen-bond donors (Lipinski definition) is 2. The van der Waals surface area contributed by atoms with Gasteiger partial charge in [-0.3, -0.25) is 5.10 Å². The number of pyridine rings is 1. The van der Waals surface area contributed by atoms with Gasteiger partial charge in [0, 0.05) is 46.0 Å². The highest BCUT2D eigenvalue weighted by molar-refractivity contribution is 6.36. The first kappa shape index (κ1) is 16.1. The quantitative estimate of drug-likeness (QED) is 0.461. The highest BCUT2D eigenvalue weighted by Gasteiger charge is 2.21. The van der Waals surface area contributed by atoms with Gasteiger partial charge in [0.05, 0.1) is 11.2 Å². The van der Waals surface area contributed by atoms with E-state index in [1.54, 1.807) is 18.6 Å². The van der Waals surface area contributed by atoms with Crippen molar-refractivity contribution in [1.82, 2.24) is 20.2 Å². The Morgan fingerprint density at radius 3 is 2.72 bits per heavy atom. The number of nitrogens with zero attached hydrogens (tertiary/aromatic N) is 2. The van der Waals surface area contributed by atoms with Gasteiger partial charge in [0.25, 0.3) is 0 Å². The molecule has 3 aromatic heterocycles. The van der Waals surface area contributed by atoms with Crippen molar-refractivity contribution in [3.05, 3.63) is 70.0 Å². The van der Waals surface area contributed by atoms with Crippen LogP contribution in [-0.4, -0.2) is 20.2 Å². The molecule has 0 amide bonds. The van der Waals surface area contributed by atoms with Crippen LogP contribution in [0, 0.1) is 5.82 Å². The van der Waals surface area contributed by atoms with E-state index in [1.807, 2.05) is 19.2 Å². The molecule has 7 heteroatoms. The Balaban J connectivity index is 1.87. The Bertz CT molecular complexity index is 1060. The third-order valence-corrected chi connectivity index (χ3v) is 5.09. The molecule has 2 N–H and O–H groups in total. The van der Waals surface area contributed by atoms with E-state index >= 15 is 0 Å². The van der Waals surface area contributed by atoms with Gasteiger partial charge in [0.2, 0.25) is 0 Å². The predicted molar refractivity (Wildman–Crippen MR) is 97.6 cm³/mol. The highest BCUT2D eigenvalue weighted by Crippen LogP contribution is 2.39. The summed E-state index contributed by atoms with van der Waals surface area (Å²) < 4.78 is 13.9. The number of fused-ring (bicyclic) bond motifs is 1. The van der Waals surface area contributed by atoms with Crippen molar-refractivity contribution in [2.75, 3.05) is 0 Å². The summed E-state index contributed by atoms with van der Waals surface area (Å²) in [6.07, 6.45) is 7.18. The van der Waals surface area contributed by atoms with Crippen molar-refractivity contribution in [1.29, 1.82) is 0 Å². The van der Waals surface area contributed by atoms with Crippen LogP contribution in [0.5, 0.6) is 0 Å². The number of nitrogens with one attached hydrogen (secondary N) is 2. The van der Waals surface area contributed by atoms with Gasteiger partial charge in [-0.2, -0.15) is 5.10 Å². The zero-order valence-corrected chi connectivity index (χ0v) is 14.7. The lowest BCUT2D eigenvalue weighted by Gasteiger charge is -2.15. The van der Waals surface area contributed by atoms with Crippen LogP contribution in [-0.2, 0) is 0 Å². The molecular weight excluding hydrogens is 362 g/mol. The molecule has 4 nitrogen and oxygen atoms in total. The standard InChI is InChI=1S/C18H13Cl2FN4/c1-9(16-14(19)2-3-15(21)17(16)20)13-8-23-18-12(13)4-10(5-22-18)11-6-24-25-7-11/h2-9H,1H3,(H,22,23)(H,24,25). The molecule has 0 radical (unpaired) electrons. The van der Waals surface area contributed by atoms with Gasteiger partial charge in [-0.15, -0.1) is 0 Å². The molecule has 1 atom stereocenters. The monoisotopic (exact) mass is 374 g/mol.